The number of rotatable bonds is 2. The van der Waals surface area contributed by atoms with Gasteiger partial charge in [0, 0.05) is 19.6 Å². The van der Waals surface area contributed by atoms with Gasteiger partial charge < -0.3 is 20.3 Å². The van der Waals surface area contributed by atoms with Crippen molar-refractivity contribution in [3.63, 3.8) is 0 Å². The van der Waals surface area contributed by atoms with Crippen molar-refractivity contribution in [2.24, 2.45) is 11.8 Å². The maximum atomic E-state index is 12.4. The SMILES string of the molecule is COC(=O)NC1CCN(C(=O)C2CNCC(C)C2)C1. The molecule has 2 heterocycles. The van der Waals surface area contributed by atoms with E-state index in [1.807, 2.05) is 4.90 Å². The van der Waals surface area contributed by atoms with E-state index in [1.165, 1.54) is 7.11 Å². The highest BCUT2D eigenvalue weighted by molar-refractivity contribution is 5.79. The number of ether oxygens (including phenoxy) is 1. The summed E-state index contributed by atoms with van der Waals surface area (Å²) in [6.45, 7) is 5.25. The van der Waals surface area contributed by atoms with Gasteiger partial charge in [-0.1, -0.05) is 6.92 Å². The lowest BCUT2D eigenvalue weighted by Crippen LogP contribution is -2.45. The van der Waals surface area contributed by atoms with Gasteiger partial charge in [-0.2, -0.15) is 0 Å². The van der Waals surface area contributed by atoms with Gasteiger partial charge in [-0.15, -0.1) is 0 Å². The third kappa shape index (κ3) is 3.59. The van der Waals surface area contributed by atoms with Gasteiger partial charge >= 0.3 is 6.09 Å². The monoisotopic (exact) mass is 269 g/mol. The second kappa shape index (κ2) is 6.23. The molecule has 3 atom stereocenters. The van der Waals surface area contributed by atoms with E-state index in [1.54, 1.807) is 0 Å². The molecule has 2 aliphatic rings. The summed E-state index contributed by atoms with van der Waals surface area (Å²) in [6, 6.07) is 0.0189. The fourth-order valence-corrected chi connectivity index (χ4v) is 2.91. The summed E-state index contributed by atoms with van der Waals surface area (Å²) in [7, 11) is 1.35. The molecule has 0 spiro atoms. The van der Waals surface area contributed by atoms with E-state index in [4.69, 9.17) is 0 Å². The fraction of sp³-hybridized carbons (Fsp3) is 0.846. The highest BCUT2D eigenvalue weighted by Gasteiger charge is 2.33. The fourth-order valence-electron chi connectivity index (χ4n) is 2.91. The van der Waals surface area contributed by atoms with Crippen LogP contribution in [0.25, 0.3) is 0 Å². The van der Waals surface area contributed by atoms with Crippen LogP contribution < -0.4 is 10.6 Å². The van der Waals surface area contributed by atoms with Crippen molar-refractivity contribution < 1.29 is 14.3 Å². The first-order valence-electron chi connectivity index (χ1n) is 6.94. The Morgan fingerprint density at radius 3 is 2.84 bits per heavy atom. The molecule has 6 nitrogen and oxygen atoms in total. The minimum absolute atomic E-state index is 0.0189. The number of amides is 2. The molecule has 0 bridgehead atoms. The molecule has 2 rings (SSSR count). The van der Waals surface area contributed by atoms with E-state index in [0.29, 0.717) is 12.5 Å². The molecular formula is C13H23N3O3. The second-order valence-corrected chi connectivity index (χ2v) is 5.60. The third-order valence-corrected chi connectivity index (χ3v) is 3.93. The Bertz CT molecular complexity index is 348. The van der Waals surface area contributed by atoms with Crippen LogP contribution in [0.15, 0.2) is 0 Å². The Hall–Kier alpha value is -1.30. The molecule has 2 amide bonds. The highest BCUT2D eigenvalue weighted by atomic mass is 16.5. The average Bonchev–Trinajstić information content (AvgIpc) is 2.86. The van der Waals surface area contributed by atoms with Crippen molar-refractivity contribution in [1.29, 1.82) is 0 Å². The summed E-state index contributed by atoms with van der Waals surface area (Å²) in [6.07, 6.45) is 1.33. The van der Waals surface area contributed by atoms with Crippen LogP contribution in [-0.2, 0) is 9.53 Å². The zero-order chi connectivity index (χ0) is 13.8. The first kappa shape index (κ1) is 14.1. The van der Waals surface area contributed by atoms with Gasteiger partial charge in [0.1, 0.15) is 0 Å². The molecule has 0 saturated carbocycles. The lowest BCUT2D eigenvalue weighted by molar-refractivity contribution is -0.135. The van der Waals surface area contributed by atoms with Crippen LogP contribution in [0.3, 0.4) is 0 Å². The zero-order valence-electron chi connectivity index (χ0n) is 11.6. The van der Waals surface area contributed by atoms with Crippen LogP contribution >= 0.6 is 0 Å². The minimum atomic E-state index is -0.424. The van der Waals surface area contributed by atoms with E-state index in [2.05, 4.69) is 22.3 Å². The molecule has 2 aliphatic heterocycles. The first-order valence-corrected chi connectivity index (χ1v) is 6.94. The molecule has 2 N–H and O–H groups in total. The largest absolute Gasteiger partial charge is 0.453 e. The molecule has 2 saturated heterocycles. The van der Waals surface area contributed by atoms with Crippen LogP contribution in [0, 0.1) is 11.8 Å². The Morgan fingerprint density at radius 2 is 2.16 bits per heavy atom. The number of nitrogens with one attached hydrogen (secondary N) is 2. The molecule has 2 fully saturated rings. The van der Waals surface area contributed by atoms with E-state index < -0.39 is 6.09 Å². The molecule has 0 aromatic rings. The predicted molar refractivity (Wildman–Crippen MR) is 70.7 cm³/mol. The Balaban J connectivity index is 1.82. The number of carbonyl (C=O) groups is 2. The summed E-state index contributed by atoms with van der Waals surface area (Å²) >= 11 is 0. The highest BCUT2D eigenvalue weighted by Crippen LogP contribution is 2.20. The third-order valence-electron chi connectivity index (χ3n) is 3.93. The van der Waals surface area contributed by atoms with Gasteiger partial charge in [-0.05, 0) is 25.3 Å². The number of hydrogen-bond donors (Lipinski definition) is 2. The summed E-state index contributed by atoms with van der Waals surface area (Å²) in [5, 5.41) is 6.06. The van der Waals surface area contributed by atoms with Gasteiger partial charge in [0.05, 0.1) is 19.1 Å². The first-order chi connectivity index (χ1) is 9.10. The maximum Gasteiger partial charge on any atom is 0.407 e. The Kier molecular flexibility index (Phi) is 4.63. The summed E-state index contributed by atoms with van der Waals surface area (Å²) in [4.78, 5) is 25.4. The summed E-state index contributed by atoms with van der Waals surface area (Å²) < 4.78 is 4.57. The van der Waals surface area contributed by atoms with Gasteiger partial charge in [0.15, 0.2) is 0 Å². The van der Waals surface area contributed by atoms with Crippen molar-refractivity contribution in [2.45, 2.75) is 25.8 Å². The van der Waals surface area contributed by atoms with E-state index in [-0.39, 0.29) is 17.9 Å². The lowest BCUT2D eigenvalue weighted by atomic mass is 9.91. The summed E-state index contributed by atoms with van der Waals surface area (Å²) in [5.74, 6) is 0.850. The van der Waals surface area contributed by atoms with Crippen LogP contribution in [0.1, 0.15) is 19.8 Å². The van der Waals surface area contributed by atoms with Crippen LogP contribution in [-0.4, -0.2) is 56.2 Å². The number of piperidine rings is 1. The topological polar surface area (TPSA) is 70.7 Å². The number of carbonyl (C=O) groups excluding carboxylic acids is 2. The number of hydrogen-bond acceptors (Lipinski definition) is 4. The van der Waals surface area contributed by atoms with Crippen LogP contribution in [0.2, 0.25) is 0 Å². The number of alkyl carbamates (subject to hydrolysis) is 1. The number of methoxy groups -OCH3 is 1. The smallest absolute Gasteiger partial charge is 0.407 e. The van der Waals surface area contributed by atoms with E-state index in [9.17, 15) is 9.59 Å². The average molecular weight is 269 g/mol. The van der Waals surface area contributed by atoms with Crippen LogP contribution in [0.5, 0.6) is 0 Å². The molecule has 6 heteroatoms. The Morgan fingerprint density at radius 1 is 1.37 bits per heavy atom. The lowest BCUT2D eigenvalue weighted by Gasteiger charge is -2.30. The molecule has 0 aromatic carbocycles. The van der Waals surface area contributed by atoms with Gasteiger partial charge in [-0.25, -0.2) is 4.79 Å². The van der Waals surface area contributed by atoms with Gasteiger partial charge in [0.2, 0.25) is 5.91 Å². The standard InChI is InChI=1S/C13H23N3O3/c1-9-5-10(7-14-6-9)12(17)16-4-3-11(8-16)15-13(18)19-2/h9-11,14H,3-8H2,1-2H3,(H,15,18). The molecule has 0 radical (unpaired) electrons. The van der Waals surface area contributed by atoms with Crippen molar-refractivity contribution >= 4 is 12.0 Å². The predicted octanol–water partition coefficient (Wildman–Crippen LogP) is 0.189. The molecule has 108 valence electrons. The van der Waals surface area contributed by atoms with Crippen molar-refractivity contribution in [1.82, 2.24) is 15.5 Å². The number of likely N-dealkylation sites (tertiary alicyclic amines) is 1. The molecule has 19 heavy (non-hydrogen) atoms. The molecular weight excluding hydrogens is 246 g/mol. The molecule has 0 aliphatic carbocycles. The van der Waals surface area contributed by atoms with Gasteiger partial charge in [-0.3, -0.25) is 4.79 Å². The quantitative estimate of drug-likeness (QED) is 0.751. The second-order valence-electron chi connectivity index (χ2n) is 5.60. The van der Waals surface area contributed by atoms with Crippen molar-refractivity contribution in [2.75, 3.05) is 33.3 Å². The Labute approximate surface area is 113 Å². The van der Waals surface area contributed by atoms with Crippen molar-refractivity contribution in [3.8, 4) is 0 Å². The van der Waals surface area contributed by atoms with Crippen LogP contribution in [0.4, 0.5) is 4.79 Å². The van der Waals surface area contributed by atoms with Gasteiger partial charge in [0.25, 0.3) is 0 Å². The molecule has 3 unspecified atom stereocenters. The number of nitrogens with zero attached hydrogens (tertiary/aromatic N) is 1. The van der Waals surface area contributed by atoms with E-state index in [0.717, 1.165) is 32.5 Å². The normalized spacial score (nSPS) is 31.1. The summed E-state index contributed by atoms with van der Waals surface area (Å²) in [5.41, 5.74) is 0. The molecule has 0 aromatic heterocycles. The zero-order valence-corrected chi connectivity index (χ0v) is 11.6. The van der Waals surface area contributed by atoms with Crippen molar-refractivity contribution in [3.05, 3.63) is 0 Å². The minimum Gasteiger partial charge on any atom is -0.453 e. The maximum absolute atomic E-state index is 12.4. The van der Waals surface area contributed by atoms with E-state index >= 15 is 0 Å².